The average Bonchev–Trinajstić information content (AvgIpc) is 2.92. The molecule has 0 saturated carbocycles. The van der Waals surface area contributed by atoms with E-state index in [2.05, 4.69) is 9.98 Å². The maximum Gasteiger partial charge on any atom is 0.416 e. The van der Waals surface area contributed by atoms with Crippen LogP contribution in [0.1, 0.15) is 5.56 Å². The van der Waals surface area contributed by atoms with Crippen LogP contribution in [0.3, 0.4) is 0 Å². The lowest BCUT2D eigenvalue weighted by atomic mass is 10.2. The van der Waals surface area contributed by atoms with Gasteiger partial charge in [-0.25, -0.2) is 4.99 Å². The number of guanidine groups is 2. The molecule has 10 heteroatoms. The van der Waals surface area contributed by atoms with Crippen molar-refractivity contribution in [2.75, 3.05) is 13.1 Å². The number of alkyl halides is 3. The SMILES string of the molecule is Cl.Cl.NC(=Nc1ccc(C(F)(F)F)cc1)/N=C(/N)N1CC=CC1. The van der Waals surface area contributed by atoms with Crippen molar-refractivity contribution in [2.24, 2.45) is 21.5 Å². The molecular weight excluding hydrogens is 354 g/mol. The van der Waals surface area contributed by atoms with Crippen molar-refractivity contribution >= 4 is 42.4 Å². The molecule has 2 rings (SSSR count). The lowest BCUT2D eigenvalue weighted by molar-refractivity contribution is -0.137. The first-order valence-corrected chi connectivity index (χ1v) is 6.12. The van der Waals surface area contributed by atoms with Gasteiger partial charge in [-0.15, -0.1) is 24.8 Å². The highest BCUT2D eigenvalue weighted by Gasteiger charge is 2.29. The number of benzene rings is 1. The van der Waals surface area contributed by atoms with Gasteiger partial charge in [0.15, 0.2) is 5.96 Å². The van der Waals surface area contributed by atoms with E-state index in [1.165, 1.54) is 12.1 Å². The van der Waals surface area contributed by atoms with Crippen LogP contribution < -0.4 is 11.5 Å². The van der Waals surface area contributed by atoms with Gasteiger partial charge in [0.05, 0.1) is 11.3 Å². The van der Waals surface area contributed by atoms with Crippen LogP contribution >= 0.6 is 24.8 Å². The van der Waals surface area contributed by atoms with Gasteiger partial charge in [-0.2, -0.15) is 18.2 Å². The van der Waals surface area contributed by atoms with E-state index in [-0.39, 0.29) is 42.4 Å². The zero-order valence-electron chi connectivity index (χ0n) is 11.8. The fraction of sp³-hybridized carbons (Fsp3) is 0.231. The maximum atomic E-state index is 12.4. The molecule has 1 aliphatic rings. The Kier molecular flexibility index (Phi) is 7.91. The van der Waals surface area contributed by atoms with Crippen LogP contribution in [0.5, 0.6) is 0 Å². The van der Waals surface area contributed by atoms with Gasteiger partial charge in [0.1, 0.15) is 0 Å². The minimum Gasteiger partial charge on any atom is -0.369 e. The Hall–Kier alpha value is -1.93. The van der Waals surface area contributed by atoms with Gasteiger partial charge >= 0.3 is 6.18 Å². The van der Waals surface area contributed by atoms with Gasteiger partial charge in [-0.3, -0.25) is 0 Å². The summed E-state index contributed by atoms with van der Waals surface area (Å²) >= 11 is 0. The van der Waals surface area contributed by atoms with Gasteiger partial charge in [0.2, 0.25) is 5.96 Å². The molecule has 0 spiro atoms. The minimum atomic E-state index is -4.38. The molecule has 1 heterocycles. The summed E-state index contributed by atoms with van der Waals surface area (Å²) in [6.07, 6.45) is -0.504. The fourth-order valence-corrected chi connectivity index (χ4v) is 1.74. The molecule has 5 nitrogen and oxygen atoms in total. The van der Waals surface area contributed by atoms with E-state index in [4.69, 9.17) is 11.5 Å². The average molecular weight is 370 g/mol. The van der Waals surface area contributed by atoms with Crippen LogP contribution in [-0.4, -0.2) is 29.9 Å². The van der Waals surface area contributed by atoms with E-state index in [0.29, 0.717) is 13.1 Å². The second kappa shape index (κ2) is 8.64. The lowest BCUT2D eigenvalue weighted by Crippen LogP contribution is -2.36. The predicted molar refractivity (Wildman–Crippen MR) is 89.6 cm³/mol. The van der Waals surface area contributed by atoms with E-state index in [0.717, 1.165) is 12.1 Å². The number of nitrogens with zero attached hydrogens (tertiary/aromatic N) is 3. The fourth-order valence-electron chi connectivity index (χ4n) is 1.74. The normalized spacial score (nSPS) is 15.2. The summed E-state index contributed by atoms with van der Waals surface area (Å²) in [6.45, 7) is 1.28. The highest BCUT2D eigenvalue weighted by Crippen LogP contribution is 2.30. The standard InChI is InChI=1S/C13H14F3N5.2ClH/c14-13(15,16)9-3-5-10(6-4-9)19-11(17)20-12(18)21-7-1-2-8-21;;/h1-6H,7-8H2,(H4,17,18,19,20);2*1H. The molecule has 1 aromatic carbocycles. The topological polar surface area (TPSA) is 80.0 Å². The van der Waals surface area contributed by atoms with Crippen molar-refractivity contribution in [3.63, 3.8) is 0 Å². The Balaban J connectivity index is 0.00000242. The minimum absolute atomic E-state index is 0. The largest absolute Gasteiger partial charge is 0.416 e. The number of aliphatic imine (C=N–C) groups is 2. The zero-order valence-corrected chi connectivity index (χ0v) is 13.5. The maximum absolute atomic E-state index is 12.4. The molecule has 0 aliphatic carbocycles. The van der Waals surface area contributed by atoms with Gasteiger partial charge < -0.3 is 16.4 Å². The Bertz CT molecular complexity index is 589. The lowest BCUT2D eigenvalue weighted by Gasteiger charge is -2.15. The molecule has 1 aliphatic heterocycles. The summed E-state index contributed by atoms with van der Waals surface area (Å²) in [5, 5.41) is 0. The number of nitrogens with two attached hydrogens (primary N) is 2. The smallest absolute Gasteiger partial charge is 0.369 e. The molecule has 0 amide bonds. The van der Waals surface area contributed by atoms with E-state index in [1.54, 1.807) is 4.90 Å². The van der Waals surface area contributed by atoms with Gasteiger partial charge in [0, 0.05) is 13.1 Å². The highest BCUT2D eigenvalue weighted by molar-refractivity contribution is 5.94. The third kappa shape index (κ3) is 5.99. The molecule has 0 bridgehead atoms. The van der Waals surface area contributed by atoms with Crippen LogP contribution in [-0.2, 0) is 6.18 Å². The van der Waals surface area contributed by atoms with Crippen molar-refractivity contribution < 1.29 is 13.2 Å². The molecule has 0 aromatic heterocycles. The van der Waals surface area contributed by atoms with Crippen LogP contribution in [0.2, 0.25) is 0 Å². The van der Waals surface area contributed by atoms with Gasteiger partial charge in [-0.05, 0) is 24.3 Å². The molecule has 23 heavy (non-hydrogen) atoms. The van der Waals surface area contributed by atoms with Crippen LogP contribution in [0, 0.1) is 0 Å². The van der Waals surface area contributed by atoms with E-state index >= 15 is 0 Å². The summed E-state index contributed by atoms with van der Waals surface area (Å²) in [6, 6.07) is 4.31. The molecule has 1 aromatic rings. The summed E-state index contributed by atoms with van der Waals surface area (Å²) in [7, 11) is 0. The second-order valence-corrected chi connectivity index (χ2v) is 4.36. The quantitative estimate of drug-likeness (QED) is 0.453. The Morgan fingerprint density at radius 3 is 2.00 bits per heavy atom. The van der Waals surface area contributed by atoms with Crippen LogP contribution in [0.4, 0.5) is 18.9 Å². The molecule has 0 unspecified atom stereocenters. The highest BCUT2D eigenvalue weighted by atomic mass is 35.5. The van der Waals surface area contributed by atoms with E-state index < -0.39 is 11.7 Å². The number of rotatable bonds is 1. The molecule has 128 valence electrons. The second-order valence-electron chi connectivity index (χ2n) is 4.36. The molecule has 0 radical (unpaired) electrons. The van der Waals surface area contributed by atoms with Crippen molar-refractivity contribution in [1.82, 2.24) is 4.90 Å². The summed E-state index contributed by atoms with van der Waals surface area (Å²) in [5.41, 5.74) is 10.9. The predicted octanol–water partition coefficient (Wildman–Crippen LogP) is 2.68. The van der Waals surface area contributed by atoms with Crippen molar-refractivity contribution in [3.8, 4) is 0 Å². The Morgan fingerprint density at radius 1 is 1.00 bits per heavy atom. The third-order valence-electron chi connectivity index (χ3n) is 2.81. The number of halogens is 5. The molecule has 0 fully saturated rings. The zero-order chi connectivity index (χ0) is 15.5. The first-order valence-electron chi connectivity index (χ1n) is 6.12. The number of hydrogen-bond acceptors (Lipinski definition) is 1. The molecule has 0 saturated heterocycles. The molecule has 4 N–H and O–H groups in total. The summed E-state index contributed by atoms with van der Waals surface area (Å²) < 4.78 is 37.2. The first-order chi connectivity index (χ1) is 9.86. The first kappa shape index (κ1) is 21.1. The van der Waals surface area contributed by atoms with Crippen molar-refractivity contribution in [2.45, 2.75) is 6.18 Å². The van der Waals surface area contributed by atoms with Crippen LogP contribution in [0.15, 0.2) is 46.4 Å². The Labute approximate surface area is 143 Å². The molecule has 0 atom stereocenters. The van der Waals surface area contributed by atoms with Crippen molar-refractivity contribution in [3.05, 3.63) is 42.0 Å². The molecular formula is C13H16Cl2F3N5. The third-order valence-corrected chi connectivity index (χ3v) is 2.81. The van der Waals surface area contributed by atoms with Gasteiger partial charge in [-0.1, -0.05) is 12.2 Å². The number of hydrogen-bond donors (Lipinski definition) is 2. The summed E-state index contributed by atoms with van der Waals surface area (Å²) in [5.74, 6) is 0.104. The van der Waals surface area contributed by atoms with E-state index in [9.17, 15) is 13.2 Å². The van der Waals surface area contributed by atoms with Crippen molar-refractivity contribution in [1.29, 1.82) is 0 Å². The Morgan fingerprint density at radius 2 is 1.52 bits per heavy atom. The monoisotopic (exact) mass is 369 g/mol. The van der Waals surface area contributed by atoms with E-state index in [1.807, 2.05) is 12.2 Å². The van der Waals surface area contributed by atoms with Crippen LogP contribution in [0.25, 0.3) is 0 Å². The summed E-state index contributed by atoms with van der Waals surface area (Å²) in [4.78, 5) is 9.59. The van der Waals surface area contributed by atoms with Gasteiger partial charge in [0.25, 0.3) is 0 Å².